The average molecular weight is 286 g/mol. The number of fused-ring (bicyclic) bond motifs is 1. The van der Waals surface area contributed by atoms with Gasteiger partial charge in [0.1, 0.15) is 24.1 Å². The van der Waals surface area contributed by atoms with Gasteiger partial charge in [-0.1, -0.05) is 20.8 Å². The van der Waals surface area contributed by atoms with Crippen LogP contribution >= 0.6 is 0 Å². The second-order valence-electron chi connectivity index (χ2n) is 6.32. The molecule has 1 atom stereocenters. The zero-order valence-electron chi connectivity index (χ0n) is 12.3. The lowest BCUT2D eigenvalue weighted by Gasteiger charge is -2.28. The molecule has 110 valence electrons. The third kappa shape index (κ3) is 2.28. The van der Waals surface area contributed by atoms with Crippen LogP contribution in [0.4, 0.5) is 0 Å². The van der Waals surface area contributed by atoms with E-state index >= 15 is 0 Å². The van der Waals surface area contributed by atoms with Crippen LogP contribution in [0, 0.1) is 0 Å². The summed E-state index contributed by atoms with van der Waals surface area (Å²) in [6.45, 7) is 6.30. The number of aromatic hydroxyl groups is 1. The number of ether oxygens (including phenoxy) is 1. The summed E-state index contributed by atoms with van der Waals surface area (Å²) >= 11 is 0. The van der Waals surface area contributed by atoms with Gasteiger partial charge in [0, 0.05) is 18.0 Å². The van der Waals surface area contributed by atoms with Gasteiger partial charge in [-0.15, -0.1) is 0 Å². The predicted octanol–water partition coefficient (Wildman–Crippen LogP) is 2.70. The highest BCUT2D eigenvalue weighted by Crippen LogP contribution is 2.39. The van der Waals surface area contributed by atoms with Gasteiger partial charge in [-0.25, -0.2) is 4.98 Å². The van der Waals surface area contributed by atoms with Crippen molar-refractivity contribution in [2.75, 3.05) is 6.61 Å². The molecule has 1 aromatic carbocycles. The van der Waals surface area contributed by atoms with Crippen LogP contribution < -0.4 is 4.74 Å². The maximum atomic E-state index is 12.6. The monoisotopic (exact) mass is 286 g/mol. The second-order valence-corrected chi connectivity index (χ2v) is 6.32. The zero-order valence-corrected chi connectivity index (χ0v) is 12.3. The molecular weight excluding hydrogens is 268 g/mol. The number of imidazole rings is 1. The van der Waals surface area contributed by atoms with E-state index in [0.717, 1.165) is 5.56 Å². The Labute approximate surface area is 123 Å². The van der Waals surface area contributed by atoms with Crippen molar-refractivity contribution in [2.45, 2.75) is 32.2 Å². The van der Waals surface area contributed by atoms with Gasteiger partial charge in [0.05, 0.1) is 11.9 Å². The van der Waals surface area contributed by atoms with Crippen LogP contribution in [0.3, 0.4) is 0 Å². The Kier molecular flexibility index (Phi) is 3.01. The van der Waals surface area contributed by atoms with Crippen molar-refractivity contribution in [3.8, 4) is 11.5 Å². The maximum absolute atomic E-state index is 12.6. The molecule has 1 aromatic heterocycles. The summed E-state index contributed by atoms with van der Waals surface area (Å²) in [6.07, 6.45) is 4.96. The van der Waals surface area contributed by atoms with E-state index < -0.39 is 6.04 Å². The van der Waals surface area contributed by atoms with Crippen LogP contribution in [0.25, 0.3) is 0 Å². The fourth-order valence-electron chi connectivity index (χ4n) is 2.58. The van der Waals surface area contributed by atoms with Crippen LogP contribution in [-0.2, 0) is 5.41 Å². The van der Waals surface area contributed by atoms with Crippen molar-refractivity contribution in [3.05, 3.63) is 42.0 Å². The maximum Gasteiger partial charge on any atom is 0.192 e. The molecule has 0 bridgehead atoms. The van der Waals surface area contributed by atoms with Gasteiger partial charge in [-0.05, 0) is 17.5 Å². The Morgan fingerprint density at radius 2 is 2.14 bits per heavy atom. The number of phenolic OH excluding ortho intramolecular Hbond substituents is 1. The van der Waals surface area contributed by atoms with Crippen LogP contribution in [0.15, 0.2) is 30.9 Å². The number of carbonyl (C=O) groups excluding carboxylic acids is 1. The third-order valence-electron chi connectivity index (χ3n) is 3.76. The van der Waals surface area contributed by atoms with Gasteiger partial charge in [0.25, 0.3) is 0 Å². The van der Waals surface area contributed by atoms with Gasteiger partial charge in [-0.3, -0.25) is 4.79 Å². The molecule has 3 rings (SSSR count). The highest BCUT2D eigenvalue weighted by molar-refractivity contribution is 6.03. The quantitative estimate of drug-likeness (QED) is 0.875. The molecule has 2 heterocycles. The smallest absolute Gasteiger partial charge is 0.192 e. The SMILES string of the molecule is CC(C)(C)c1cc2c(cc1O)C(=O)C(n1ccnc1)CO2. The number of benzene rings is 1. The molecule has 21 heavy (non-hydrogen) atoms. The fourth-order valence-corrected chi connectivity index (χ4v) is 2.58. The molecule has 0 saturated carbocycles. The molecule has 1 unspecified atom stereocenters. The molecule has 0 radical (unpaired) electrons. The Morgan fingerprint density at radius 3 is 2.76 bits per heavy atom. The van der Waals surface area contributed by atoms with Gasteiger partial charge >= 0.3 is 0 Å². The van der Waals surface area contributed by atoms with E-state index in [0.29, 0.717) is 11.3 Å². The Morgan fingerprint density at radius 1 is 1.38 bits per heavy atom. The van der Waals surface area contributed by atoms with E-state index in [2.05, 4.69) is 4.98 Å². The molecular formula is C16H18N2O3. The van der Waals surface area contributed by atoms with E-state index in [1.807, 2.05) is 20.8 Å². The first-order valence-corrected chi connectivity index (χ1v) is 6.90. The standard InChI is InChI=1S/C16H18N2O3/c1-16(2,3)11-7-14-10(6-13(11)19)15(20)12(8-21-14)18-5-4-17-9-18/h4-7,9,12,19H,8H2,1-3H3. The summed E-state index contributed by atoms with van der Waals surface area (Å²) in [5, 5.41) is 10.2. The summed E-state index contributed by atoms with van der Waals surface area (Å²) in [4.78, 5) is 16.5. The topological polar surface area (TPSA) is 64.3 Å². The molecule has 5 nitrogen and oxygen atoms in total. The number of hydrogen-bond donors (Lipinski definition) is 1. The lowest BCUT2D eigenvalue weighted by Crippen LogP contribution is -2.30. The average Bonchev–Trinajstić information content (AvgIpc) is 2.92. The minimum absolute atomic E-state index is 0.0648. The van der Waals surface area contributed by atoms with Gasteiger partial charge in [0.15, 0.2) is 5.78 Å². The van der Waals surface area contributed by atoms with Crippen molar-refractivity contribution in [1.82, 2.24) is 9.55 Å². The normalized spacial score (nSPS) is 18.2. The number of ketones is 1. The Bertz CT molecular complexity index is 684. The minimum atomic E-state index is -0.431. The van der Waals surface area contributed by atoms with E-state index in [1.54, 1.807) is 29.4 Å². The van der Waals surface area contributed by atoms with E-state index in [4.69, 9.17) is 4.74 Å². The summed E-state index contributed by atoms with van der Waals surface area (Å²) < 4.78 is 7.46. The zero-order chi connectivity index (χ0) is 15.2. The number of nitrogens with zero attached hydrogens (tertiary/aromatic N) is 2. The molecule has 1 N–H and O–H groups in total. The van der Waals surface area contributed by atoms with Gasteiger partial charge in [0.2, 0.25) is 0 Å². The Hall–Kier alpha value is -2.30. The molecule has 1 aliphatic rings. The second kappa shape index (κ2) is 4.62. The molecule has 2 aromatic rings. The number of Topliss-reactive ketones (excluding diaryl/α,β-unsaturated/α-hetero) is 1. The summed E-state index contributed by atoms with van der Waals surface area (Å²) in [7, 11) is 0. The number of carbonyl (C=O) groups is 1. The van der Waals surface area contributed by atoms with E-state index in [9.17, 15) is 9.90 Å². The highest BCUT2D eigenvalue weighted by atomic mass is 16.5. The van der Waals surface area contributed by atoms with Crippen LogP contribution in [0.1, 0.15) is 42.7 Å². The van der Waals surface area contributed by atoms with Gasteiger partial charge in [-0.2, -0.15) is 0 Å². The van der Waals surface area contributed by atoms with Crippen molar-refractivity contribution < 1.29 is 14.6 Å². The first-order valence-electron chi connectivity index (χ1n) is 6.90. The molecule has 0 saturated heterocycles. The third-order valence-corrected chi connectivity index (χ3v) is 3.76. The number of rotatable bonds is 1. The first kappa shape index (κ1) is 13.7. The highest BCUT2D eigenvalue weighted by Gasteiger charge is 2.32. The lowest BCUT2D eigenvalue weighted by atomic mass is 9.84. The van der Waals surface area contributed by atoms with Crippen molar-refractivity contribution >= 4 is 5.78 Å². The van der Waals surface area contributed by atoms with Crippen LogP contribution in [0.5, 0.6) is 11.5 Å². The number of phenols is 1. The Balaban J connectivity index is 2.04. The van der Waals surface area contributed by atoms with E-state index in [-0.39, 0.29) is 23.6 Å². The van der Waals surface area contributed by atoms with Crippen LogP contribution in [0.2, 0.25) is 0 Å². The van der Waals surface area contributed by atoms with Crippen molar-refractivity contribution in [3.63, 3.8) is 0 Å². The van der Waals surface area contributed by atoms with Crippen molar-refractivity contribution in [1.29, 1.82) is 0 Å². The molecule has 1 aliphatic heterocycles. The van der Waals surface area contributed by atoms with Crippen molar-refractivity contribution in [2.24, 2.45) is 0 Å². The van der Waals surface area contributed by atoms with Crippen LogP contribution in [-0.4, -0.2) is 27.0 Å². The molecule has 0 fully saturated rings. The largest absolute Gasteiger partial charge is 0.508 e. The number of hydrogen-bond acceptors (Lipinski definition) is 4. The predicted molar refractivity (Wildman–Crippen MR) is 77.9 cm³/mol. The minimum Gasteiger partial charge on any atom is -0.508 e. The molecule has 0 amide bonds. The summed E-state index contributed by atoms with van der Waals surface area (Å²) in [5.74, 6) is 0.605. The molecule has 0 aliphatic carbocycles. The molecule has 5 heteroatoms. The summed E-state index contributed by atoms with van der Waals surface area (Å²) in [5.41, 5.74) is 0.979. The number of aromatic nitrogens is 2. The first-order chi connectivity index (χ1) is 9.88. The van der Waals surface area contributed by atoms with Gasteiger partial charge < -0.3 is 14.4 Å². The lowest BCUT2D eigenvalue weighted by molar-refractivity contribution is 0.0840. The summed E-state index contributed by atoms with van der Waals surface area (Å²) in [6, 6.07) is 2.86. The van der Waals surface area contributed by atoms with E-state index in [1.165, 1.54) is 6.07 Å². The molecule has 0 spiro atoms. The fraction of sp³-hybridized carbons (Fsp3) is 0.375.